The summed E-state index contributed by atoms with van der Waals surface area (Å²) in [7, 11) is -4.07. The zero-order valence-corrected chi connectivity index (χ0v) is 18.1. The minimum Gasteiger partial charge on any atom is -0.322 e. The highest BCUT2D eigenvalue weighted by Crippen LogP contribution is 2.21. The van der Waals surface area contributed by atoms with Crippen LogP contribution in [-0.2, 0) is 21.4 Å². The highest BCUT2D eigenvalue weighted by atomic mass is 35.5. The molecule has 0 aliphatic rings. The first-order valence-corrected chi connectivity index (χ1v) is 11.0. The van der Waals surface area contributed by atoms with Gasteiger partial charge in [-0.15, -0.1) is 0 Å². The van der Waals surface area contributed by atoms with E-state index >= 15 is 0 Å². The summed E-state index contributed by atoms with van der Waals surface area (Å²) < 4.78 is 54.3. The van der Waals surface area contributed by atoms with E-state index in [1.54, 1.807) is 12.1 Å². The molecule has 9 heteroatoms. The number of carbonyl (C=O) groups is 1. The predicted molar refractivity (Wildman–Crippen MR) is 115 cm³/mol. The Morgan fingerprint density at radius 3 is 2.26 bits per heavy atom. The number of rotatable bonds is 7. The van der Waals surface area contributed by atoms with Gasteiger partial charge >= 0.3 is 0 Å². The number of sulfonamides is 1. The summed E-state index contributed by atoms with van der Waals surface area (Å²) in [6.45, 7) is 1.25. The molecule has 0 aromatic heterocycles. The summed E-state index contributed by atoms with van der Waals surface area (Å²) in [6, 6.07) is 15.4. The second kappa shape index (κ2) is 9.55. The fourth-order valence-electron chi connectivity index (χ4n) is 2.82. The number of carbonyl (C=O) groups excluding carboxylic acids is 1. The first kappa shape index (κ1) is 22.9. The van der Waals surface area contributed by atoms with Gasteiger partial charge in [-0.25, -0.2) is 17.2 Å². The van der Waals surface area contributed by atoms with Crippen molar-refractivity contribution in [2.24, 2.45) is 0 Å². The number of aryl methyl sites for hydroxylation is 1. The third-order valence-corrected chi connectivity index (χ3v) is 6.51. The Bertz CT molecular complexity index is 1180. The molecule has 5 nitrogen and oxygen atoms in total. The Labute approximate surface area is 184 Å². The monoisotopic (exact) mass is 464 g/mol. The van der Waals surface area contributed by atoms with Crippen molar-refractivity contribution < 1.29 is 22.0 Å². The van der Waals surface area contributed by atoms with E-state index in [-0.39, 0.29) is 17.1 Å². The van der Waals surface area contributed by atoms with Crippen molar-refractivity contribution in [1.29, 1.82) is 0 Å². The van der Waals surface area contributed by atoms with Crippen LogP contribution in [-0.4, -0.2) is 25.2 Å². The number of anilines is 1. The molecule has 1 N–H and O–H groups in total. The number of hydrogen-bond donors (Lipinski definition) is 1. The minimum atomic E-state index is -4.07. The molecule has 1 amide bonds. The molecule has 0 aliphatic carbocycles. The molecule has 0 atom stereocenters. The van der Waals surface area contributed by atoms with E-state index in [2.05, 4.69) is 5.32 Å². The maximum absolute atomic E-state index is 13.9. The van der Waals surface area contributed by atoms with Crippen molar-refractivity contribution >= 4 is 33.2 Å². The fraction of sp³-hybridized carbons (Fsp3) is 0.136. The van der Waals surface area contributed by atoms with Gasteiger partial charge in [-0.3, -0.25) is 4.79 Å². The van der Waals surface area contributed by atoms with Gasteiger partial charge in [0.15, 0.2) is 0 Å². The second-order valence-corrected chi connectivity index (χ2v) is 9.26. The second-order valence-electron chi connectivity index (χ2n) is 6.88. The zero-order valence-electron chi connectivity index (χ0n) is 16.5. The zero-order chi connectivity index (χ0) is 22.6. The molecule has 162 valence electrons. The summed E-state index contributed by atoms with van der Waals surface area (Å²) in [4.78, 5) is 12.5. The van der Waals surface area contributed by atoms with E-state index in [9.17, 15) is 22.0 Å². The van der Waals surface area contributed by atoms with Gasteiger partial charge in [-0.1, -0.05) is 41.4 Å². The average molecular weight is 465 g/mol. The number of nitrogens with zero attached hydrogens (tertiary/aromatic N) is 1. The lowest BCUT2D eigenvalue weighted by Crippen LogP contribution is -2.37. The number of hydrogen-bond acceptors (Lipinski definition) is 3. The average Bonchev–Trinajstić information content (AvgIpc) is 2.71. The van der Waals surface area contributed by atoms with Gasteiger partial charge in [0.1, 0.15) is 11.6 Å². The number of halogens is 3. The largest absolute Gasteiger partial charge is 0.322 e. The van der Waals surface area contributed by atoms with E-state index in [1.807, 2.05) is 19.1 Å². The van der Waals surface area contributed by atoms with Gasteiger partial charge in [0, 0.05) is 17.6 Å². The molecule has 0 bridgehead atoms. The third kappa shape index (κ3) is 5.88. The molecule has 0 unspecified atom stereocenters. The van der Waals surface area contributed by atoms with E-state index in [1.165, 1.54) is 24.3 Å². The Kier molecular flexibility index (Phi) is 7.04. The van der Waals surface area contributed by atoms with Crippen LogP contribution in [0.25, 0.3) is 0 Å². The van der Waals surface area contributed by atoms with Crippen molar-refractivity contribution in [3.63, 3.8) is 0 Å². The van der Waals surface area contributed by atoms with Crippen LogP contribution >= 0.6 is 11.6 Å². The van der Waals surface area contributed by atoms with Gasteiger partial charge in [0.2, 0.25) is 15.9 Å². The maximum Gasteiger partial charge on any atom is 0.243 e. The molecule has 3 rings (SSSR count). The van der Waals surface area contributed by atoms with Crippen molar-refractivity contribution in [3.8, 4) is 0 Å². The molecule has 3 aromatic rings. The molecule has 0 aliphatic heterocycles. The van der Waals surface area contributed by atoms with E-state index in [4.69, 9.17) is 11.6 Å². The third-order valence-electron chi connectivity index (χ3n) is 4.46. The van der Waals surface area contributed by atoms with Crippen molar-refractivity contribution in [2.45, 2.75) is 18.4 Å². The van der Waals surface area contributed by atoms with Crippen molar-refractivity contribution in [3.05, 3.63) is 94.5 Å². The first-order valence-electron chi connectivity index (χ1n) is 9.21. The van der Waals surface area contributed by atoms with Crippen molar-refractivity contribution in [2.75, 3.05) is 11.9 Å². The van der Waals surface area contributed by atoms with Crippen LogP contribution in [0.3, 0.4) is 0 Å². The van der Waals surface area contributed by atoms with E-state index in [0.717, 1.165) is 22.0 Å². The Morgan fingerprint density at radius 2 is 1.65 bits per heavy atom. The summed E-state index contributed by atoms with van der Waals surface area (Å²) in [5.74, 6) is -2.52. The smallest absolute Gasteiger partial charge is 0.243 e. The summed E-state index contributed by atoms with van der Waals surface area (Å²) >= 11 is 5.85. The van der Waals surface area contributed by atoms with Crippen LogP contribution < -0.4 is 5.32 Å². The molecule has 0 spiro atoms. The van der Waals surface area contributed by atoms with Gasteiger partial charge in [0.05, 0.1) is 17.1 Å². The predicted octanol–water partition coefficient (Wildman–Crippen LogP) is 4.76. The van der Waals surface area contributed by atoms with Gasteiger partial charge in [-0.05, 0) is 48.9 Å². The van der Waals surface area contributed by atoms with Crippen LogP contribution in [0.1, 0.15) is 11.1 Å². The number of benzene rings is 3. The minimum absolute atomic E-state index is 0.0372. The molecular weight excluding hydrogens is 446 g/mol. The molecule has 3 aromatic carbocycles. The van der Waals surface area contributed by atoms with Gasteiger partial charge in [0.25, 0.3) is 0 Å². The molecule has 0 heterocycles. The quantitative estimate of drug-likeness (QED) is 0.548. The number of nitrogens with one attached hydrogen (secondary N) is 1. The van der Waals surface area contributed by atoms with Crippen molar-refractivity contribution in [1.82, 2.24) is 4.31 Å². The van der Waals surface area contributed by atoms with Crippen LogP contribution in [0.4, 0.5) is 14.5 Å². The lowest BCUT2D eigenvalue weighted by atomic mass is 10.1. The Hall–Kier alpha value is -2.81. The van der Waals surface area contributed by atoms with E-state index in [0.29, 0.717) is 16.7 Å². The fourth-order valence-corrected chi connectivity index (χ4v) is 4.33. The normalized spacial score (nSPS) is 11.5. The van der Waals surface area contributed by atoms with Gasteiger partial charge in [-0.2, -0.15) is 4.31 Å². The topological polar surface area (TPSA) is 66.5 Å². The SMILES string of the molecule is Cc1ccc(CN(CC(=O)Nc2ccc(F)cc2F)S(=O)(=O)c2ccc(Cl)cc2)cc1. The molecule has 0 radical (unpaired) electrons. The first-order chi connectivity index (χ1) is 14.6. The van der Waals surface area contributed by atoms with Gasteiger partial charge < -0.3 is 5.32 Å². The van der Waals surface area contributed by atoms with Crippen LogP contribution in [0.15, 0.2) is 71.6 Å². The molecule has 0 saturated heterocycles. The maximum atomic E-state index is 13.9. The number of amides is 1. The standard InChI is InChI=1S/C22H19ClF2N2O3S/c1-15-2-4-16(5-3-15)13-27(31(29,30)19-9-6-17(23)7-10-19)14-22(28)26-21-11-8-18(24)12-20(21)25/h2-12H,13-14H2,1H3,(H,26,28). The molecule has 31 heavy (non-hydrogen) atoms. The molecular formula is C22H19ClF2N2O3S. The molecule has 0 saturated carbocycles. The summed E-state index contributed by atoms with van der Waals surface area (Å²) in [5, 5.41) is 2.66. The van der Waals surface area contributed by atoms with E-state index < -0.39 is 34.1 Å². The Morgan fingerprint density at radius 1 is 1.00 bits per heavy atom. The molecule has 0 fully saturated rings. The van der Waals surface area contributed by atoms with Crippen LogP contribution in [0, 0.1) is 18.6 Å². The lowest BCUT2D eigenvalue weighted by molar-refractivity contribution is -0.116. The van der Waals surface area contributed by atoms with Crippen LogP contribution in [0.5, 0.6) is 0 Å². The lowest BCUT2D eigenvalue weighted by Gasteiger charge is -2.22. The summed E-state index contributed by atoms with van der Waals surface area (Å²) in [6.07, 6.45) is 0. The highest BCUT2D eigenvalue weighted by Gasteiger charge is 2.27. The summed E-state index contributed by atoms with van der Waals surface area (Å²) in [5.41, 5.74) is 1.43. The van der Waals surface area contributed by atoms with Crippen LogP contribution in [0.2, 0.25) is 5.02 Å². The highest BCUT2D eigenvalue weighted by molar-refractivity contribution is 7.89. The Balaban J connectivity index is 1.88.